The van der Waals surface area contributed by atoms with Gasteiger partial charge >= 0.3 is 0 Å². The third kappa shape index (κ3) is 3.56. The van der Waals surface area contributed by atoms with Crippen molar-refractivity contribution in [1.29, 1.82) is 0 Å². The Morgan fingerprint density at radius 2 is 2.00 bits per heavy atom. The smallest absolute Gasteiger partial charge is 0.255 e. The van der Waals surface area contributed by atoms with Gasteiger partial charge in [0, 0.05) is 0 Å². The van der Waals surface area contributed by atoms with Crippen molar-refractivity contribution >= 4 is 11.8 Å². The van der Waals surface area contributed by atoms with Crippen LogP contribution in [0.5, 0.6) is 0 Å². The summed E-state index contributed by atoms with van der Waals surface area (Å²) < 4.78 is 0. The molecule has 1 saturated heterocycles. The minimum Gasteiger partial charge on any atom is -0.306 e. The van der Waals surface area contributed by atoms with E-state index in [0.29, 0.717) is 0 Å². The van der Waals surface area contributed by atoms with Crippen molar-refractivity contribution in [1.82, 2.24) is 16.2 Å². The van der Waals surface area contributed by atoms with E-state index in [1.54, 1.807) is 0 Å². The molecule has 3 N–H and O–H groups in total. The van der Waals surface area contributed by atoms with Gasteiger partial charge in [-0.1, -0.05) is 30.3 Å². The molecule has 1 unspecified atom stereocenters. The van der Waals surface area contributed by atoms with E-state index in [1.165, 1.54) is 0 Å². The summed E-state index contributed by atoms with van der Waals surface area (Å²) in [5, 5.41) is 3.07. The predicted octanol–water partition coefficient (Wildman–Crippen LogP) is 0.128. The van der Waals surface area contributed by atoms with Crippen LogP contribution in [0.1, 0.15) is 18.4 Å². The summed E-state index contributed by atoms with van der Waals surface area (Å²) in [7, 11) is 0. The molecule has 0 bridgehead atoms. The Kier molecular flexibility index (Phi) is 4.30. The molecule has 1 aromatic rings. The molecule has 1 fully saturated rings. The molecule has 1 heterocycles. The fraction of sp³-hybridized carbons (Fsp3) is 0.385. The third-order valence-corrected chi connectivity index (χ3v) is 2.91. The number of amides is 2. The Bertz CT molecular complexity index is 414. The lowest BCUT2D eigenvalue weighted by Gasteiger charge is -2.11. The number of rotatable bonds is 3. The van der Waals surface area contributed by atoms with Crippen LogP contribution in [0.25, 0.3) is 0 Å². The number of nitrogens with one attached hydrogen (secondary N) is 3. The van der Waals surface area contributed by atoms with Gasteiger partial charge in [-0.25, -0.2) is 0 Å². The highest BCUT2D eigenvalue weighted by atomic mass is 16.2. The molecule has 1 aliphatic rings. The fourth-order valence-electron chi connectivity index (χ4n) is 1.95. The molecule has 5 nitrogen and oxygen atoms in total. The van der Waals surface area contributed by atoms with Crippen LogP contribution in [0.15, 0.2) is 30.3 Å². The van der Waals surface area contributed by atoms with E-state index in [9.17, 15) is 9.59 Å². The van der Waals surface area contributed by atoms with Gasteiger partial charge in [0.15, 0.2) is 0 Å². The van der Waals surface area contributed by atoms with Crippen molar-refractivity contribution in [2.24, 2.45) is 0 Å². The molecule has 0 spiro atoms. The molecular weight excluding hydrogens is 230 g/mol. The summed E-state index contributed by atoms with van der Waals surface area (Å²) in [5.41, 5.74) is 5.79. The molecule has 0 radical (unpaired) electrons. The highest BCUT2D eigenvalue weighted by Crippen LogP contribution is 2.04. The van der Waals surface area contributed by atoms with Crippen molar-refractivity contribution in [3.8, 4) is 0 Å². The molecule has 0 aliphatic carbocycles. The van der Waals surface area contributed by atoms with Crippen LogP contribution in [-0.2, 0) is 16.0 Å². The molecule has 96 valence electrons. The van der Waals surface area contributed by atoms with Gasteiger partial charge in [0.2, 0.25) is 5.91 Å². The Morgan fingerprint density at radius 1 is 1.22 bits per heavy atom. The zero-order valence-electron chi connectivity index (χ0n) is 10.1. The maximum Gasteiger partial charge on any atom is 0.255 e. The molecule has 1 aliphatic heterocycles. The molecule has 5 heteroatoms. The van der Waals surface area contributed by atoms with Crippen molar-refractivity contribution < 1.29 is 9.59 Å². The number of carbonyl (C=O) groups excluding carboxylic acids is 2. The van der Waals surface area contributed by atoms with Gasteiger partial charge in [0.25, 0.3) is 5.91 Å². The number of carbonyl (C=O) groups is 2. The molecule has 2 amide bonds. The van der Waals surface area contributed by atoms with Crippen molar-refractivity contribution in [2.45, 2.75) is 25.3 Å². The second-order valence-corrected chi connectivity index (χ2v) is 4.35. The Morgan fingerprint density at radius 3 is 2.67 bits per heavy atom. The van der Waals surface area contributed by atoms with Gasteiger partial charge < -0.3 is 5.32 Å². The van der Waals surface area contributed by atoms with Gasteiger partial charge in [-0.2, -0.15) is 0 Å². The zero-order chi connectivity index (χ0) is 12.8. The van der Waals surface area contributed by atoms with E-state index < -0.39 is 0 Å². The molecule has 18 heavy (non-hydrogen) atoms. The third-order valence-electron chi connectivity index (χ3n) is 2.91. The Hall–Kier alpha value is -1.88. The van der Waals surface area contributed by atoms with Crippen molar-refractivity contribution in [3.05, 3.63) is 35.9 Å². The number of hydrazine groups is 1. The molecular formula is C13H17N3O2. The highest BCUT2D eigenvalue weighted by molar-refractivity contribution is 5.86. The fourth-order valence-corrected chi connectivity index (χ4v) is 1.95. The van der Waals surface area contributed by atoms with E-state index in [1.807, 2.05) is 30.3 Å². The molecule has 2 rings (SSSR count). The first kappa shape index (κ1) is 12.6. The van der Waals surface area contributed by atoms with Gasteiger partial charge in [0.05, 0.1) is 12.5 Å². The summed E-state index contributed by atoms with van der Waals surface area (Å²) in [4.78, 5) is 23.2. The van der Waals surface area contributed by atoms with E-state index in [2.05, 4.69) is 16.2 Å². The average Bonchev–Trinajstić information content (AvgIpc) is 2.91. The van der Waals surface area contributed by atoms with Crippen LogP contribution < -0.4 is 16.2 Å². The van der Waals surface area contributed by atoms with E-state index in [0.717, 1.165) is 24.9 Å². The molecule has 0 saturated carbocycles. The second-order valence-electron chi connectivity index (χ2n) is 4.35. The van der Waals surface area contributed by atoms with Gasteiger partial charge in [0.1, 0.15) is 0 Å². The quantitative estimate of drug-likeness (QED) is 0.665. The molecule has 1 aromatic carbocycles. The summed E-state index contributed by atoms with van der Waals surface area (Å²) in [6.07, 6.45) is 2.08. The van der Waals surface area contributed by atoms with Gasteiger partial charge in [-0.3, -0.25) is 20.4 Å². The van der Waals surface area contributed by atoms with Crippen LogP contribution in [0.4, 0.5) is 0 Å². The first-order valence-electron chi connectivity index (χ1n) is 6.12. The second kappa shape index (κ2) is 6.16. The standard InChI is InChI=1S/C13H17N3O2/c17-12(9-10-5-2-1-3-6-10)15-16-13(18)11-7-4-8-14-11/h1-3,5-6,11,14H,4,7-9H2,(H,15,17)(H,16,18). The van der Waals surface area contributed by atoms with Crippen LogP contribution >= 0.6 is 0 Å². The van der Waals surface area contributed by atoms with E-state index in [4.69, 9.17) is 0 Å². The topological polar surface area (TPSA) is 70.2 Å². The summed E-state index contributed by atoms with van der Waals surface area (Å²) in [6.45, 7) is 0.857. The number of benzene rings is 1. The predicted molar refractivity (Wildman–Crippen MR) is 67.5 cm³/mol. The lowest BCUT2D eigenvalue weighted by Crippen LogP contribution is -2.49. The Labute approximate surface area is 106 Å². The van der Waals surface area contributed by atoms with E-state index >= 15 is 0 Å². The normalized spacial score (nSPS) is 18.3. The lowest BCUT2D eigenvalue weighted by molar-refractivity contribution is -0.129. The first-order valence-corrected chi connectivity index (χ1v) is 6.12. The summed E-state index contributed by atoms with van der Waals surface area (Å²) in [5.74, 6) is -0.388. The van der Waals surface area contributed by atoms with Gasteiger partial charge in [-0.15, -0.1) is 0 Å². The zero-order valence-corrected chi connectivity index (χ0v) is 10.1. The number of hydrogen-bond acceptors (Lipinski definition) is 3. The summed E-state index contributed by atoms with van der Waals surface area (Å²) in [6, 6.07) is 9.23. The first-order chi connectivity index (χ1) is 8.75. The molecule has 0 aromatic heterocycles. The number of hydrogen-bond donors (Lipinski definition) is 3. The van der Waals surface area contributed by atoms with Crippen LogP contribution in [-0.4, -0.2) is 24.4 Å². The van der Waals surface area contributed by atoms with Crippen molar-refractivity contribution in [3.63, 3.8) is 0 Å². The minimum absolute atomic E-state index is 0.172. The lowest BCUT2D eigenvalue weighted by atomic mass is 10.1. The van der Waals surface area contributed by atoms with Crippen molar-refractivity contribution in [2.75, 3.05) is 6.54 Å². The molecule has 1 atom stereocenters. The minimum atomic E-state index is -0.215. The SMILES string of the molecule is O=C(Cc1ccccc1)NNC(=O)C1CCCN1. The maximum absolute atomic E-state index is 11.6. The van der Waals surface area contributed by atoms with Crippen LogP contribution in [0, 0.1) is 0 Å². The average molecular weight is 247 g/mol. The largest absolute Gasteiger partial charge is 0.306 e. The van der Waals surface area contributed by atoms with Crippen LogP contribution in [0.3, 0.4) is 0 Å². The van der Waals surface area contributed by atoms with E-state index in [-0.39, 0.29) is 24.3 Å². The monoisotopic (exact) mass is 247 g/mol. The maximum atomic E-state index is 11.6. The summed E-state index contributed by atoms with van der Waals surface area (Å²) >= 11 is 0. The van der Waals surface area contributed by atoms with Crippen LogP contribution in [0.2, 0.25) is 0 Å². The van der Waals surface area contributed by atoms with Gasteiger partial charge in [-0.05, 0) is 24.9 Å². The highest BCUT2D eigenvalue weighted by Gasteiger charge is 2.21. The Balaban J connectivity index is 1.73.